The highest BCUT2D eigenvalue weighted by Gasteiger charge is 2.59. The third-order valence-corrected chi connectivity index (χ3v) is 9.07. The first-order valence-electron chi connectivity index (χ1n) is 10.2. The zero-order valence-corrected chi connectivity index (χ0v) is 17.7. The Kier molecular flexibility index (Phi) is 4.69. The molecule has 5 rings (SSSR count). The van der Waals surface area contributed by atoms with Crippen LogP contribution >= 0.6 is 0 Å². The van der Waals surface area contributed by atoms with Gasteiger partial charge < -0.3 is 5.11 Å². The van der Waals surface area contributed by atoms with Crippen molar-refractivity contribution < 1.29 is 26.7 Å². The molecule has 0 radical (unpaired) electrons. The van der Waals surface area contributed by atoms with Crippen molar-refractivity contribution in [1.29, 1.82) is 0 Å². The van der Waals surface area contributed by atoms with Crippen LogP contribution in [-0.2, 0) is 16.2 Å². The fourth-order valence-corrected chi connectivity index (χ4v) is 8.65. The SMILES string of the molecule is CC(C)(C)N(C1C2CC3CC1CC(O)(C3)C2)S(=O)(=O)c1ccccc1C(F)(F)F. The first-order valence-corrected chi connectivity index (χ1v) is 11.6. The molecule has 0 spiro atoms. The second-order valence-electron chi connectivity index (χ2n) is 10.2. The van der Waals surface area contributed by atoms with Crippen LogP contribution in [0.25, 0.3) is 0 Å². The van der Waals surface area contributed by atoms with Gasteiger partial charge in [0.05, 0.1) is 16.1 Å². The molecule has 4 aliphatic carbocycles. The second kappa shape index (κ2) is 6.44. The van der Waals surface area contributed by atoms with Gasteiger partial charge in [-0.2, -0.15) is 17.5 Å². The maximum Gasteiger partial charge on any atom is 0.417 e. The molecule has 1 aromatic rings. The van der Waals surface area contributed by atoms with E-state index >= 15 is 0 Å². The van der Waals surface area contributed by atoms with Gasteiger partial charge in [0, 0.05) is 11.6 Å². The molecule has 4 aliphatic rings. The van der Waals surface area contributed by atoms with Crippen molar-refractivity contribution in [1.82, 2.24) is 4.31 Å². The normalized spacial score (nSPS) is 34.8. The highest BCUT2D eigenvalue weighted by Crippen LogP contribution is 2.58. The van der Waals surface area contributed by atoms with Gasteiger partial charge in [-0.3, -0.25) is 0 Å². The summed E-state index contributed by atoms with van der Waals surface area (Å²) in [5.41, 5.74) is -2.76. The average Bonchev–Trinajstić information content (AvgIpc) is 2.54. The van der Waals surface area contributed by atoms with E-state index in [9.17, 15) is 26.7 Å². The van der Waals surface area contributed by atoms with Crippen molar-refractivity contribution >= 4 is 10.0 Å². The molecule has 0 saturated heterocycles. The summed E-state index contributed by atoms with van der Waals surface area (Å²) in [4.78, 5) is -0.685. The van der Waals surface area contributed by atoms with Crippen LogP contribution in [0.3, 0.4) is 0 Å². The summed E-state index contributed by atoms with van der Waals surface area (Å²) >= 11 is 0. The molecule has 0 heterocycles. The molecule has 4 bridgehead atoms. The minimum atomic E-state index is -4.76. The maximum absolute atomic E-state index is 13.7. The number of halogens is 3. The zero-order valence-electron chi connectivity index (χ0n) is 16.9. The standard InChI is InChI=1S/C21H28F3NO3S/c1-19(2,3)25(18-14-8-13-9-15(18)12-20(26,10-13)11-14)29(27,28)17-7-5-4-6-16(17)21(22,23)24/h4-7,13-15,18,26H,8-12H2,1-3H3. The summed E-state index contributed by atoms with van der Waals surface area (Å²) in [5, 5.41) is 10.9. The predicted molar refractivity (Wildman–Crippen MR) is 103 cm³/mol. The van der Waals surface area contributed by atoms with Crippen LogP contribution in [0, 0.1) is 17.8 Å². The largest absolute Gasteiger partial charge is 0.417 e. The van der Waals surface area contributed by atoms with Gasteiger partial charge in [0.25, 0.3) is 0 Å². The number of aliphatic hydroxyl groups is 1. The molecule has 4 nitrogen and oxygen atoms in total. The Bertz CT molecular complexity index is 890. The van der Waals surface area contributed by atoms with Gasteiger partial charge >= 0.3 is 6.18 Å². The highest BCUT2D eigenvalue weighted by atomic mass is 32.2. The van der Waals surface area contributed by atoms with E-state index in [1.165, 1.54) is 16.4 Å². The fraction of sp³-hybridized carbons (Fsp3) is 0.714. The molecular formula is C21H28F3NO3S. The molecule has 1 N–H and O–H groups in total. The van der Waals surface area contributed by atoms with Crippen molar-refractivity contribution in [2.24, 2.45) is 17.8 Å². The summed E-state index contributed by atoms with van der Waals surface area (Å²) in [6, 6.07) is 4.04. The molecule has 29 heavy (non-hydrogen) atoms. The predicted octanol–water partition coefficient (Wildman–Crippen LogP) is 4.43. The lowest BCUT2D eigenvalue weighted by Gasteiger charge is -2.61. The molecule has 162 valence electrons. The Labute approximate surface area is 170 Å². The van der Waals surface area contributed by atoms with Crippen LogP contribution in [0.15, 0.2) is 29.2 Å². The molecule has 2 atom stereocenters. The van der Waals surface area contributed by atoms with Crippen molar-refractivity contribution in [3.8, 4) is 0 Å². The van der Waals surface area contributed by atoms with Gasteiger partial charge in [0.15, 0.2) is 0 Å². The lowest BCUT2D eigenvalue weighted by atomic mass is 9.52. The number of benzene rings is 1. The molecule has 0 aliphatic heterocycles. The molecule has 8 heteroatoms. The van der Waals surface area contributed by atoms with Gasteiger partial charge in [-0.1, -0.05) is 12.1 Å². The minimum absolute atomic E-state index is 0.0294. The summed E-state index contributed by atoms with van der Waals surface area (Å²) in [6.45, 7) is 5.21. The van der Waals surface area contributed by atoms with Gasteiger partial charge in [-0.05, 0) is 82.8 Å². The van der Waals surface area contributed by atoms with Crippen LogP contribution in [-0.4, -0.2) is 35.0 Å². The quantitative estimate of drug-likeness (QED) is 0.770. The Morgan fingerprint density at radius 2 is 1.59 bits per heavy atom. The third kappa shape index (κ3) is 3.51. The van der Waals surface area contributed by atoms with Crippen LogP contribution in [0.2, 0.25) is 0 Å². The van der Waals surface area contributed by atoms with E-state index in [1.54, 1.807) is 20.8 Å². The number of rotatable bonds is 3. The molecule has 0 amide bonds. The Morgan fingerprint density at radius 3 is 2.07 bits per heavy atom. The Balaban J connectivity index is 1.82. The maximum atomic E-state index is 13.7. The molecule has 1 aromatic carbocycles. The monoisotopic (exact) mass is 431 g/mol. The number of sulfonamides is 1. The van der Waals surface area contributed by atoms with E-state index in [0.717, 1.165) is 31.4 Å². The van der Waals surface area contributed by atoms with Crippen LogP contribution in [0.4, 0.5) is 13.2 Å². The van der Waals surface area contributed by atoms with E-state index in [0.29, 0.717) is 18.8 Å². The third-order valence-electron chi connectivity index (χ3n) is 6.85. The molecular weight excluding hydrogens is 403 g/mol. The van der Waals surface area contributed by atoms with E-state index in [-0.39, 0.29) is 11.8 Å². The minimum Gasteiger partial charge on any atom is -0.390 e. The van der Waals surface area contributed by atoms with Crippen LogP contribution in [0.1, 0.15) is 58.4 Å². The average molecular weight is 432 g/mol. The summed E-state index contributed by atoms with van der Waals surface area (Å²) in [5.74, 6) is 0.317. The number of nitrogens with zero attached hydrogens (tertiary/aromatic N) is 1. The van der Waals surface area contributed by atoms with Gasteiger partial charge in [0.2, 0.25) is 10.0 Å². The molecule has 4 fully saturated rings. The lowest BCUT2D eigenvalue weighted by Crippen LogP contribution is -2.65. The van der Waals surface area contributed by atoms with Gasteiger partial charge in [-0.15, -0.1) is 0 Å². The molecule has 0 aromatic heterocycles. The number of alkyl halides is 3. The van der Waals surface area contributed by atoms with E-state index in [2.05, 4.69) is 0 Å². The first kappa shape index (κ1) is 21.1. The zero-order chi connectivity index (χ0) is 21.4. The van der Waals surface area contributed by atoms with Gasteiger partial charge in [0.1, 0.15) is 0 Å². The van der Waals surface area contributed by atoms with Crippen molar-refractivity contribution in [3.63, 3.8) is 0 Å². The lowest BCUT2D eigenvalue weighted by molar-refractivity contribution is -0.156. The topological polar surface area (TPSA) is 57.6 Å². The smallest absolute Gasteiger partial charge is 0.390 e. The molecule has 4 saturated carbocycles. The van der Waals surface area contributed by atoms with Crippen LogP contribution < -0.4 is 0 Å². The van der Waals surface area contributed by atoms with Crippen molar-refractivity contribution in [2.45, 2.75) is 81.1 Å². The van der Waals surface area contributed by atoms with Crippen LogP contribution in [0.5, 0.6) is 0 Å². The Morgan fingerprint density at radius 1 is 1.03 bits per heavy atom. The summed E-state index contributed by atoms with van der Waals surface area (Å²) in [6.07, 6.45) is -1.31. The fourth-order valence-electron chi connectivity index (χ4n) is 6.34. The first-order chi connectivity index (χ1) is 13.2. The molecule has 2 unspecified atom stereocenters. The van der Waals surface area contributed by atoms with Crippen molar-refractivity contribution in [2.75, 3.05) is 0 Å². The summed E-state index contributed by atoms with van der Waals surface area (Å²) < 4.78 is 69.6. The summed E-state index contributed by atoms with van der Waals surface area (Å²) in [7, 11) is -4.40. The second-order valence-corrected chi connectivity index (χ2v) is 11.9. The highest BCUT2D eigenvalue weighted by molar-refractivity contribution is 7.89. The van der Waals surface area contributed by atoms with E-state index < -0.39 is 43.8 Å². The van der Waals surface area contributed by atoms with E-state index in [4.69, 9.17) is 0 Å². The number of hydrogen-bond donors (Lipinski definition) is 1. The van der Waals surface area contributed by atoms with Gasteiger partial charge in [-0.25, -0.2) is 8.42 Å². The Hall–Kier alpha value is -1.12. The number of hydrogen-bond acceptors (Lipinski definition) is 3. The van der Waals surface area contributed by atoms with Crippen molar-refractivity contribution in [3.05, 3.63) is 29.8 Å². The van der Waals surface area contributed by atoms with E-state index in [1.807, 2.05) is 0 Å².